The summed E-state index contributed by atoms with van der Waals surface area (Å²) in [7, 11) is 3.93. The second-order valence-electron chi connectivity index (χ2n) is 9.77. The van der Waals surface area contributed by atoms with E-state index in [0.29, 0.717) is 28.8 Å². The van der Waals surface area contributed by atoms with Crippen molar-refractivity contribution in [3.63, 3.8) is 0 Å². The van der Waals surface area contributed by atoms with Gasteiger partial charge in [-0.1, -0.05) is 39.5 Å². The van der Waals surface area contributed by atoms with E-state index >= 15 is 0 Å². The number of tetrazole rings is 1. The first-order chi connectivity index (χ1) is 17.0. The van der Waals surface area contributed by atoms with Gasteiger partial charge in [-0.25, -0.2) is 9.48 Å². The second-order valence-corrected chi connectivity index (χ2v) is 11.8. The number of hydrogen-bond donors (Lipinski definition) is 1. The van der Waals surface area contributed by atoms with Gasteiger partial charge in [0.15, 0.2) is 0 Å². The molecule has 1 unspecified atom stereocenters. The van der Waals surface area contributed by atoms with E-state index in [-0.39, 0.29) is 35.2 Å². The molecular weight excluding hydrogens is 506 g/mol. The van der Waals surface area contributed by atoms with Gasteiger partial charge in [0.05, 0.1) is 6.54 Å². The lowest BCUT2D eigenvalue weighted by Gasteiger charge is -2.48. The van der Waals surface area contributed by atoms with E-state index in [4.69, 9.17) is 15.2 Å². The van der Waals surface area contributed by atoms with Crippen LogP contribution in [0, 0.1) is 11.8 Å². The molecular formula is C22H35N7O5S2. The minimum absolute atomic E-state index is 0.109. The highest BCUT2D eigenvalue weighted by Gasteiger charge is 2.52. The molecule has 1 aromatic heterocycles. The minimum atomic E-state index is -1.07. The molecule has 0 bridgehead atoms. The van der Waals surface area contributed by atoms with Crippen molar-refractivity contribution in [2.75, 3.05) is 32.1 Å². The Kier molecular flexibility index (Phi) is 9.78. The number of fused-ring (bicyclic) bond motifs is 1. The third kappa shape index (κ3) is 6.78. The number of aromatic nitrogens is 4. The van der Waals surface area contributed by atoms with Crippen molar-refractivity contribution in [1.82, 2.24) is 30.0 Å². The van der Waals surface area contributed by atoms with E-state index in [1.165, 1.54) is 28.4 Å². The van der Waals surface area contributed by atoms with E-state index in [0.717, 1.165) is 6.54 Å². The highest BCUT2D eigenvalue weighted by atomic mass is 32.2. The van der Waals surface area contributed by atoms with Crippen LogP contribution < -0.4 is 5.73 Å². The predicted octanol–water partition coefficient (Wildman–Crippen LogP) is 0.938. The SMILES string of the molecule is CC(C)CC(=O)OC(OC(=O)C1=C(CSc2nnnn2CCN(C)C)CS[C@H]2[C@H](N)C(=O)N12)C(C)C. The topological polar surface area (TPSA) is 146 Å². The van der Waals surface area contributed by atoms with Gasteiger partial charge in [-0.15, -0.1) is 16.9 Å². The van der Waals surface area contributed by atoms with Crippen LogP contribution >= 0.6 is 23.5 Å². The number of likely N-dealkylation sites (N-methyl/N-ethyl adjacent to an activating group) is 1. The summed E-state index contributed by atoms with van der Waals surface area (Å²) in [5, 5.41) is 12.2. The quantitative estimate of drug-likeness (QED) is 0.174. The molecule has 36 heavy (non-hydrogen) atoms. The molecule has 2 aliphatic heterocycles. The van der Waals surface area contributed by atoms with E-state index in [1.807, 2.05) is 32.8 Å². The molecule has 1 aromatic rings. The molecule has 1 amide bonds. The number of β-lactam (4-membered cyclic amide) rings is 1. The Labute approximate surface area is 219 Å². The number of ether oxygens (including phenoxy) is 2. The molecule has 2 aliphatic rings. The van der Waals surface area contributed by atoms with Gasteiger partial charge in [-0.3, -0.25) is 14.5 Å². The molecule has 0 spiro atoms. The molecule has 1 fully saturated rings. The zero-order chi connectivity index (χ0) is 26.6. The van der Waals surface area contributed by atoms with Gasteiger partial charge in [-0.2, -0.15) is 0 Å². The number of carbonyl (C=O) groups is 3. The number of amides is 1. The van der Waals surface area contributed by atoms with Crippen molar-refractivity contribution in [2.45, 2.75) is 63.5 Å². The first-order valence-corrected chi connectivity index (χ1v) is 13.9. The molecule has 0 saturated carbocycles. The second kappa shape index (κ2) is 12.4. The van der Waals surface area contributed by atoms with Gasteiger partial charge in [0, 0.05) is 30.4 Å². The van der Waals surface area contributed by atoms with Crippen LogP contribution in [-0.2, 0) is 30.4 Å². The maximum absolute atomic E-state index is 13.4. The zero-order valence-corrected chi connectivity index (χ0v) is 23.2. The van der Waals surface area contributed by atoms with Gasteiger partial charge in [0.2, 0.25) is 17.4 Å². The lowest BCUT2D eigenvalue weighted by molar-refractivity contribution is -0.195. The molecule has 14 heteroatoms. The van der Waals surface area contributed by atoms with Crippen molar-refractivity contribution in [3.05, 3.63) is 11.3 Å². The zero-order valence-electron chi connectivity index (χ0n) is 21.5. The molecule has 0 aliphatic carbocycles. The fourth-order valence-corrected chi connectivity index (χ4v) is 5.87. The molecule has 2 N–H and O–H groups in total. The van der Waals surface area contributed by atoms with Crippen molar-refractivity contribution in [3.8, 4) is 0 Å². The smallest absolute Gasteiger partial charge is 0.358 e. The Balaban J connectivity index is 1.80. The molecule has 12 nitrogen and oxygen atoms in total. The van der Waals surface area contributed by atoms with E-state index in [9.17, 15) is 14.4 Å². The Morgan fingerprint density at radius 1 is 1.25 bits per heavy atom. The summed E-state index contributed by atoms with van der Waals surface area (Å²) >= 11 is 2.88. The predicted molar refractivity (Wildman–Crippen MR) is 135 cm³/mol. The molecule has 0 radical (unpaired) electrons. The lowest BCUT2D eigenvalue weighted by Crippen LogP contribution is -2.68. The van der Waals surface area contributed by atoms with Crippen LogP contribution in [0.15, 0.2) is 16.4 Å². The average Bonchev–Trinajstić information content (AvgIpc) is 3.26. The summed E-state index contributed by atoms with van der Waals surface area (Å²) < 4.78 is 12.8. The Morgan fingerprint density at radius 2 is 1.97 bits per heavy atom. The Bertz CT molecular complexity index is 997. The molecule has 200 valence electrons. The fourth-order valence-electron chi connectivity index (χ4n) is 3.53. The number of hydrogen-bond acceptors (Lipinski definition) is 12. The van der Waals surface area contributed by atoms with Crippen molar-refractivity contribution in [2.24, 2.45) is 17.6 Å². The van der Waals surface area contributed by atoms with E-state index in [2.05, 4.69) is 15.5 Å². The monoisotopic (exact) mass is 541 g/mol. The summed E-state index contributed by atoms with van der Waals surface area (Å²) in [6.45, 7) is 8.78. The third-order valence-electron chi connectivity index (χ3n) is 5.51. The molecule has 0 aromatic carbocycles. The third-order valence-corrected chi connectivity index (χ3v) is 7.91. The summed E-state index contributed by atoms with van der Waals surface area (Å²) in [5.74, 6) is -0.769. The van der Waals surface area contributed by atoms with Crippen LogP contribution in [0.3, 0.4) is 0 Å². The largest absolute Gasteiger partial charge is 0.425 e. The van der Waals surface area contributed by atoms with Crippen LogP contribution in [-0.4, -0.2) is 97.7 Å². The summed E-state index contributed by atoms with van der Waals surface area (Å²) in [6, 6.07) is -0.671. The number of rotatable bonds is 12. The van der Waals surface area contributed by atoms with Gasteiger partial charge in [0.25, 0.3) is 0 Å². The van der Waals surface area contributed by atoms with Crippen LogP contribution in [0.4, 0.5) is 0 Å². The van der Waals surface area contributed by atoms with Crippen molar-refractivity contribution < 1.29 is 23.9 Å². The normalized spacial score (nSPS) is 20.6. The minimum Gasteiger partial charge on any atom is -0.425 e. The maximum atomic E-state index is 13.4. The van der Waals surface area contributed by atoms with Crippen LogP contribution in [0.5, 0.6) is 0 Å². The number of thioether (sulfide) groups is 2. The van der Waals surface area contributed by atoms with Crippen LogP contribution in [0.2, 0.25) is 0 Å². The highest BCUT2D eigenvalue weighted by Crippen LogP contribution is 2.41. The summed E-state index contributed by atoms with van der Waals surface area (Å²) in [4.78, 5) is 41.7. The van der Waals surface area contributed by atoms with Crippen LogP contribution in [0.1, 0.15) is 34.1 Å². The van der Waals surface area contributed by atoms with E-state index < -0.39 is 24.3 Å². The number of nitrogens with two attached hydrogens (primary N) is 1. The van der Waals surface area contributed by atoms with E-state index in [1.54, 1.807) is 18.5 Å². The van der Waals surface area contributed by atoms with Crippen molar-refractivity contribution >= 4 is 41.4 Å². The summed E-state index contributed by atoms with van der Waals surface area (Å²) in [6.07, 6.45) is -0.854. The standard InChI is InChI=1S/C22H35N7O5S2/c1-12(2)9-15(30)33-21(13(3)4)34-20(32)17-14(10-35-19-16(23)18(31)29(17)19)11-36-22-24-25-26-28(22)8-7-27(5)6/h12-13,16,19,21H,7-11,23H2,1-6H3/t16-,19+,21?/m1/s1. The van der Waals surface area contributed by atoms with Gasteiger partial charge < -0.3 is 20.1 Å². The first kappa shape index (κ1) is 28.4. The molecule has 3 atom stereocenters. The Hall–Kier alpha value is -2.16. The summed E-state index contributed by atoms with van der Waals surface area (Å²) in [5.41, 5.74) is 6.86. The molecule has 1 saturated heterocycles. The fraction of sp³-hybridized carbons (Fsp3) is 0.727. The number of esters is 2. The molecule has 3 rings (SSSR count). The maximum Gasteiger partial charge on any atom is 0.358 e. The lowest BCUT2D eigenvalue weighted by atomic mass is 10.0. The molecule has 3 heterocycles. The van der Waals surface area contributed by atoms with Gasteiger partial charge >= 0.3 is 11.9 Å². The Morgan fingerprint density at radius 3 is 2.61 bits per heavy atom. The van der Waals surface area contributed by atoms with Crippen LogP contribution in [0.25, 0.3) is 0 Å². The van der Waals surface area contributed by atoms with Gasteiger partial charge in [-0.05, 0) is 36.0 Å². The van der Waals surface area contributed by atoms with Crippen molar-refractivity contribution in [1.29, 1.82) is 0 Å². The first-order valence-electron chi connectivity index (χ1n) is 11.9. The number of nitrogens with zero attached hydrogens (tertiary/aromatic N) is 6. The average molecular weight is 542 g/mol. The van der Waals surface area contributed by atoms with Gasteiger partial charge in [0.1, 0.15) is 17.1 Å². The number of carbonyl (C=O) groups excluding carboxylic acids is 3. The highest BCUT2D eigenvalue weighted by molar-refractivity contribution is 8.01.